The summed E-state index contributed by atoms with van der Waals surface area (Å²) < 4.78 is 14.5. The molecule has 15 nitrogen and oxygen atoms in total. The molecule has 3 aromatic rings. The molecule has 278 valence electrons. The normalized spacial score (nSPS) is 20.6. The van der Waals surface area contributed by atoms with Gasteiger partial charge in [0, 0.05) is 51.8 Å². The zero-order valence-corrected chi connectivity index (χ0v) is 29.7. The molecular formula is C38H41N5O10. The summed E-state index contributed by atoms with van der Waals surface area (Å²) in [4.78, 5) is 107. The van der Waals surface area contributed by atoms with Gasteiger partial charge in [-0.15, -0.1) is 0 Å². The first-order valence-electron chi connectivity index (χ1n) is 17.8. The highest BCUT2D eigenvalue weighted by Crippen LogP contribution is 2.39. The van der Waals surface area contributed by atoms with Crippen LogP contribution < -0.4 is 16.6 Å². The van der Waals surface area contributed by atoms with Crippen molar-refractivity contribution in [3.05, 3.63) is 103 Å². The summed E-state index contributed by atoms with van der Waals surface area (Å²) in [6.45, 7) is 3.53. The second kappa shape index (κ2) is 15.5. The van der Waals surface area contributed by atoms with Crippen molar-refractivity contribution in [2.24, 2.45) is 5.92 Å². The SMILES string of the molecule is CC[C@H]1O[C@@H](c2cn(CCCN3C(=O)c4ccccc4C3=O)c(=O)n(CCCN3C(=O)c4ccccc4C3=O)c2=O)[C@@H](OC(=O)CCC(=O)NC)C1C. The third-order valence-electron chi connectivity index (χ3n) is 10.1. The van der Waals surface area contributed by atoms with Gasteiger partial charge < -0.3 is 14.8 Å². The predicted molar refractivity (Wildman–Crippen MR) is 188 cm³/mol. The fourth-order valence-electron chi connectivity index (χ4n) is 7.21. The van der Waals surface area contributed by atoms with Crippen LogP contribution in [0.2, 0.25) is 0 Å². The molecule has 3 aliphatic rings. The summed E-state index contributed by atoms with van der Waals surface area (Å²) in [5.41, 5.74) is -0.139. The second-order valence-electron chi connectivity index (χ2n) is 13.3. The van der Waals surface area contributed by atoms with Crippen molar-refractivity contribution in [1.82, 2.24) is 24.3 Å². The van der Waals surface area contributed by atoms with Crippen LogP contribution in [0, 0.1) is 5.92 Å². The van der Waals surface area contributed by atoms with Crippen LogP contribution in [0.4, 0.5) is 0 Å². The van der Waals surface area contributed by atoms with Crippen molar-refractivity contribution < 1.29 is 38.2 Å². The van der Waals surface area contributed by atoms with Crippen molar-refractivity contribution in [3.63, 3.8) is 0 Å². The molecule has 0 bridgehead atoms. The molecule has 0 spiro atoms. The van der Waals surface area contributed by atoms with Crippen LogP contribution in [0.15, 0.2) is 64.3 Å². The van der Waals surface area contributed by atoms with E-state index in [0.717, 1.165) is 14.4 Å². The molecule has 3 aliphatic heterocycles. The Bertz CT molecular complexity index is 2030. The van der Waals surface area contributed by atoms with E-state index in [9.17, 15) is 38.4 Å². The van der Waals surface area contributed by atoms with Gasteiger partial charge in [0.2, 0.25) is 5.91 Å². The molecule has 0 saturated carbocycles. The van der Waals surface area contributed by atoms with Gasteiger partial charge in [-0.2, -0.15) is 0 Å². The maximum atomic E-state index is 14.2. The van der Waals surface area contributed by atoms with Crippen LogP contribution in [0.25, 0.3) is 0 Å². The Morgan fingerprint density at radius 1 is 0.755 bits per heavy atom. The number of esters is 1. The van der Waals surface area contributed by atoms with Crippen LogP contribution in [-0.4, -0.2) is 86.8 Å². The standard InChI is InChI=1S/C38H41N5O10/c1-4-28-22(2)31(53-30(45)16-15-29(44)39-3)32(52-28)27-21-40(17-9-18-41-33(46)23-11-5-6-12-24(23)34(41)47)38(51)43(37(27)50)20-10-19-42-35(48)25-13-7-8-14-26(25)36(42)49/h5-8,11-14,21-22,28,31-32H,4,9-10,15-20H2,1-3H3,(H,39,44)/t22?,28-,31+,32+/m1/s1. The average Bonchev–Trinajstić information content (AvgIpc) is 3.70. The summed E-state index contributed by atoms with van der Waals surface area (Å²) in [6, 6.07) is 13.0. The lowest BCUT2D eigenvalue weighted by molar-refractivity contribution is -0.154. The number of aromatic nitrogens is 2. The number of benzene rings is 2. The predicted octanol–water partition coefficient (Wildman–Crippen LogP) is 2.31. The van der Waals surface area contributed by atoms with E-state index in [1.54, 1.807) is 48.5 Å². The fraction of sp³-hybridized carbons (Fsp3) is 0.421. The first-order chi connectivity index (χ1) is 25.5. The van der Waals surface area contributed by atoms with Gasteiger partial charge in [0.05, 0.1) is 40.3 Å². The minimum absolute atomic E-state index is 0.00738. The van der Waals surface area contributed by atoms with Gasteiger partial charge in [-0.25, -0.2) is 4.79 Å². The summed E-state index contributed by atoms with van der Waals surface area (Å²) in [5, 5.41) is 2.46. The smallest absolute Gasteiger partial charge is 0.330 e. The van der Waals surface area contributed by atoms with Gasteiger partial charge in [-0.05, 0) is 43.5 Å². The zero-order valence-electron chi connectivity index (χ0n) is 29.7. The Morgan fingerprint density at radius 2 is 1.26 bits per heavy atom. The number of fused-ring (bicyclic) bond motifs is 2. The van der Waals surface area contributed by atoms with E-state index < -0.39 is 59.2 Å². The summed E-state index contributed by atoms with van der Waals surface area (Å²) in [6.07, 6.45) is -0.479. The number of rotatable bonds is 14. The van der Waals surface area contributed by atoms with E-state index in [1.807, 2.05) is 13.8 Å². The van der Waals surface area contributed by atoms with Gasteiger partial charge in [0.15, 0.2) is 0 Å². The van der Waals surface area contributed by atoms with E-state index in [-0.39, 0.29) is 80.4 Å². The van der Waals surface area contributed by atoms with Crippen molar-refractivity contribution in [2.45, 2.75) is 77.4 Å². The molecular weight excluding hydrogens is 686 g/mol. The molecule has 5 amide bonds. The Kier molecular flexibility index (Phi) is 10.8. The summed E-state index contributed by atoms with van der Waals surface area (Å²) in [7, 11) is 1.46. The lowest BCUT2D eigenvalue weighted by atomic mass is 9.94. The Labute approximate surface area is 304 Å². The van der Waals surface area contributed by atoms with Crippen LogP contribution in [0.1, 0.15) is 99.1 Å². The van der Waals surface area contributed by atoms with Crippen LogP contribution in [0.5, 0.6) is 0 Å². The number of nitrogens with zero attached hydrogens (tertiary/aromatic N) is 4. The van der Waals surface area contributed by atoms with Crippen molar-refractivity contribution in [3.8, 4) is 0 Å². The van der Waals surface area contributed by atoms with E-state index in [4.69, 9.17) is 9.47 Å². The van der Waals surface area contributed by atoms with Crippen LogP contribution in [-0.2, 0) is 32.2 Å². The lowest BCUT2D eigenvalue weighted by Crippen LogP contribution is -2.44. The molecule has 0 radical (unpaired) electrons. The molecule has 15 heteroatoms. The van der Waals surface area contributed by atoms with Crippen molar-refractivity contribution in [1.29, 1.82) is 0 Å². The fourth-order valence-corrected chi connectivity index (χ4v) is 7.21. The van der Waals surface area contributed by atoms with Crippen molar-refractivity contribution in [2.75, 3.05) is 20.1 Å². The molecule has 6 rings (SSSR count). The second-order valence-corrected chi connectivity index (χ2v) is 13.3. The number of amides is 5. The van der Waals surface area contributed by atoms with Crippen LogP contribution >= 0.6 is 0 Å². The number of hydrogen-bond donors (Lipinski definition) is 1. The van der Waals surface area contributed by atoms with E-state index >= 15 is 0 Å². The first-order valence-corrected chi connectivity index (χ1v) is 17.8. The molecule has 53 heavy (non-hydrogen) atoms. The van der Waals surface area contributed by atoms with Gasteiger partial charge in [-0.1, -0.05) is 38.1 Å². The summed E-state index contributed by atoms with van der Waals surface area (Å²) in [5.74, 6) is -3.11. The van der Waals surface area contributed by atoms with Gasteiger partial charge in [-0.3, -0.25) is 52.5 Å². The first kappa shape index (κ1) is 37.1. The van der Waals surface area contributed by atoms with Gasteiger partial charge in [0.1, 0.15) is 12.2 Å². The quantitative estimate of drug-likeness (QED) is 0.191. The molecule has 4 atom stereocenters. The maximum absolute atomic E-state index is 14.2. The number of imide groups is 2. The molecule has 1 fully saturated rings. The van der Waals surface area contributed by atoms with Crippen LogP contribution in [0.3, 0.4) is 0 Å². The number of ether oxygens (including phenoxy) is 2. The van der Waals surface area contributed by atoms with Gasteiger partial charge in [0.25, 0.3) is 29.2 Å². The van der Waals surface area contributed by atoms with E-state index in [1.165, 1.54) is 17.8 Å². The topological polar surface area (TPSA) is 183 Å². The molecule has 0 aliphatic carbocycles. The number of aryl methyl sites for hydroxylation is 1. The third kappa shape index (κ3) is 7.08. The van der Waals surface area contributed by atoms with Gasteiger partial charge >= 0.3 is 11.7 Å². The highest BCUT2D eigenvalue weighted by atomic mass is 16.6. The van der Waals surface area contributed by atoms with E-state index in [2.05, 4.69) is 5.32 Å². The molecule has 1 aromatic heterocycles. The minimum Gasteiger partial charge on any atom is -0.459 e. The number of nitrogens with one attached hydrogen (secondary N) is 1. The van der Waals surface area contributed by atoms with E-state index in [0.29, 0.717) is 17.5 Å². The Hall–Kier alpha value is -5.70. The molecule has 1 N–H and O–H groups in total. The Balaban J connectivity index is 1.27. The largest absolute Gasteiger partial charge is 0.459 e. The Morgan fingerprint density at radius 3 is 1.75 bits per heavy atom. The number of carbonyl (C=O) groups excluding carboxylic acids is 6. The lowest BCUT2D eigenvalue weighted by Gasteiger charge is -2.23. The molecule has 1 unspecified atom stereocenters. The average molecular weight is 728 g/mol. The summed E-state index contributed by atoms with van der Waals surface area (Å²) >= 11 is 0. The highest BCUT2D eigenvalue weighted by Gasteiger charge is 2.46. The molecule has 4 heterocycles. The number of hydrogen-bond acceptors (Lipinski definition) is 10. The maximum Gasteiger partial charge on any atom is 0.330 e. The highest BCUT2D eigenvalue weighted by molar-refractivity contribution is 6.22. The molecule has 2 aromatic carbocycles. The zero-order chi connectivity index (χ0) is 38.0. The third-order valence-corrected chi connectivity index (χ3v) is 10.1. The van der Waals surface area contributed by atoms with Crippen molar-refractivity contribution >= 4 is 35.5 Å². The minimum atomic E-state index is -1.06. The monoisotopic (exact) mass is 727 g/mol. The molecule has 1 saturated heterocycles. The number of carbonyl (C=O) groups is 6.